The number of benzene rings is 2. The Hall–Kier alpha value is -1.39. The van der Waals surface area contributed by atoms with Gasteiger partial charge in [0.05, 0.1) is 6.54 Å². The molecule has 0 unspecified atom stereocenters. The molecule has 5 N–H and O–H groups in total. The van der Waals surface area contributed by atoms with Crippen molar-refractivity contribution in [2.75, 3.05) is 12.4 Å². The maximum atomic E-state index is 11.1. The lowest BCUT2D eigenvalue weighted by atomic mass is 10.1. The minimum atomic E-state index is -0.167. The number of H-pyrrole nitrogens is 1. The van der Waals surface area contributed by atoms with Crippen LogP contribution in [0.3, 0.4) is 0 Å². The van der Waals surface area contributed by atoms with E-state index in [1.165, 1.54) is 4.68 Å². The van der Waals surface area contributed by atoms with Crippen LogP contribution in [0.25, 0.3) is 11.4 Å². The number of Topliss-reactive ketones (excluding diaryl/α,β-unsaturated/α-hetero) is 1. The molecular formula is C17H13Cl4N5OS3. The van der Waals surface area contributed by atoms with Gasteiger partial charge in [0.2, 0.25) is 4.77 Å². The van der Waals surface area contributed by atoms with Gasteiger partial charge in [0.15, 0.2) is 11.6 Å². The first-order valence-corrected chi connectivity index (χ1v) is 10.4. The van der Waals surface area contributed by atoms with E-state index in [1.807, 2.05) is 4.31 Å². The van der Waals surface area contributed by atoms with Crippen LogP contribution in [-0.4, -0.2) is 31.5 Å². The van der Waals surface area contributed by atoms with Crippen LogP contribution in [0.1, 0.15) is 10.4 Å². The van der Waals surface area contributed by atoms with Gasteiger partial charge in [-0.1, -0.05) is 46.4 Å². The second-order valence-electron chi connectivity index (χ2n) is 5.25. The lowest BCUT2D eigenvalue weighted by Gasteiger charge is -2.01. The molecule has 158 valence electrons. The first-order valence-electron chi connectivity index (χ1n) is 7.70. The van der Waals surface area contributed by atoms with Crippen LogP contribution in [-0.2, 0) is 0 Å². The van der Waals surface area contributed by atoms with Gasteiger partial charge >= 0.3 is 0 Å². The molecule has 30 heavy (non-hydrogen) atoms. The van der Waals surface area contributed by atoms with Crippen molar-refractivity contribution in [3.63, 3.8) is 0 Å². The normalized spacial score (nSPS) is 9.50. The summed E-state index contributed by atoms with van der Waals surface area (Å²) in [7, 11) is 0. The molecule has 1 heterocycles. The molecule has 0 saturated carbocycles. The summed E-state index contributed by atoms with van der Waals surface area (Å²) in [4.78, 5) is 11.1. The Morgan fingerprint density at radius 2 is 1.43 bits per heavy atom. The van der Waals surface area contributed by atoms with Crippen molar-refractivity contribution >= 4 is 93.2 Å². The second kappa shape index (κ2) is 13.1. The highest BCUT2D eigenvalue weighted by molar-refractivity contribution is 7.93. The van der Waals surface area contributed by atoms with E-state index >= 15 is 0 Å². The third-order valence-electron chi connectivity index (χ3n) is 3.20. The van der Waals surface area contributed by atoms with Crippen molar-refractivity contribution in [2.45, 2.75) is 0 Å². The van der Waals surface area contributed by atoms with E-state index in [4.69, 9.17) is 70.2 Å². The number of rotatable bonds is 3. The molecule has 0 saturated heterocycles. The quantitative estimate of drug-likeness (QED) is 0.220. The van der Waals surface area contributed by atoms with Crippen LogP contribution in [0, 0.1) is 4.77 Å². The average molecular weight is 541 g/mol. The molecule has 3 aromatic rings. The third kappa shape index (κ3) is 8.39. The second-order valence-corrected chi connectivity index (χ2v) is 8.05. The summed E-state index contributed by atoms with van der Waals surface area (Å²) in [6, 6.07) is 9.71. The van der Waals surface area contributed by atoms with E-state index in [0.717, 1.165) is 0 Å². The highest BCUT2D eigenvalue weighted by Gasteiger charge is 2.08. The van der Waals surface area contributed by atoms with Gasteiger partial charge in [0.1, 0.15) is 0 Å². The number of nitrogens with one attached hydrogen (secondary N) is 1. The zero-order valence-corrected chi connectivity index (χ0v) is 20.3. The molecule has 13 heteroatoms. The molecule has 0 bridgehead atoms. The van der Waals surface area contributed by atoms with Gasteiger partial charge in [-0.25, -0.2) is 9.77 Å². The summed E-state index contributed by atoms with van der Waals surface area (Å²) in [5, 5.41) is 8.48. The molecule has 0 aliphatic heterocycles. The van der Waals surface area contributed by atoms with E-state index in [1.54, 1.807) is 36.4 Å². The number of hydrogen-bond acceptors (Lipinski definition) is 7. The van der Waals surface area contributed by atoms with Crippen LogP contribution in [0.15, 0.2) is 36.4 Å². The first kappa shape index (κ1) is 26.6. The summed E-state index contributed by atoms with van der Waals surface area (Å²) in [6.07, 6.45) is 0. The van der Waals surface area contributed by atoms with Gasteiger partial charge in [-0.15, -0.1) is 0 Å². The van der Waals surface area contributed by atoms with Crippen molar-refractivity contribution in [1.29, 1.82) is 0 Å². The van der Waals surface area contributed by atoms with Crippen molar-refractivity contribution in [2.24, 2.45) is 5.73 Å². The van der Waals surface area contributed by atoms with E-state index in [2.05, 4.69) is 34.6 Å². The van der Waals surface area contributed by atoms with Crippen LogP contribution < -0.4 is 11.6 Å². The first-order chi connectivity index (χ1) is 14.1. The van der Waals surface area contributed by atoms with Gasteiger partial charge in [-0.2, -0.15) is 5.10 Å². The molecule has 2 aromatic carbocycles. The number of nitrogens with two attached hydrogens (primary N) is 2. The largest absolute Gasteiger partial charge is 0.335 e. The fourth-order valence-corrected chi connectivity index (χ4v) is 3.21. The number of halogens is 4. The van der Waals surface area contributed by atoms with E-state index < -0.39 is 0 Å². The van der Waals surface area contributed by atoms with Crippen molar-refractivity contribution < 1.29 is 4.79 Å². The van der Waals surface area contributed by atoms with Gasteiger partial charge in [0.25, 0.3) is 0 Å². The number of nitrogen functional groups attached to an aromatic ring is 1. The van der Waals surface area contributed by atoms with Gasteiger partial charge < -0.3 is 11.6 Å². The molecule has 0 atom stereocenters. The smallest absolute Gasteiger partial charge is 0.214 e. The van der Waals surface area contributed by atoms with Gasteiger partial charge in [-0.05, 0) is 73.1 Å². The number of carbonyl (C=O) groups excluding carboxylic acids is 1. The molecule has 6 nitrogen and oxygen atoms in total. The summed E-state index contributed by atoms with van der Waals surface area (Å²) in [6.45, 7) is -0.0311. The minimum Gasteiger partial charge on any atom is -0.335 e. The highest BCUT2D eigenvalue weighted by atomic mass is 35.5. The summed E-state index contributed by atoms with van der Waals surface area (Å²) in [5.41, 5.74) is 6.33. The number of hydrogen-bond donors (Lipinski definition) is 3. The number of nitrogens with zero attached hydrogens (tertiary/aromatic N) is 2. The number of thiocarbonyl (C=S) groups is 2. The standard InChI is InChI=1S/C8H6Cl2N4S.C8H7Cl2NO.CS2/c9-5-1-4(2-6(10)3-5)7-12-13-8(15)14(7)11;9-6-1-5(8(12)4-11)2-7(10)3-6;2-1-3/h1-3H,11H2,(H,13,15);1-3H,4,11H2;. The highest BCUT2D eigenvalue weighted by Crippen LogP contribution is 2.25. The number of carbonyl (C=O) groups is 1. The monoisotopic (exact) mass is 539 g/mol. The maximum absolute atomic E-state index is 11.1. The molecule has 0 spiro atoms. The Balaban J connectivity index is 0.000000271. The summed E-state index contributed by atoms with van der Waals surface area (Å²) >= 11 is 35.9. The Morgan fingerprint density at radius 3 is 1.80 bits per heavy atom. The lowest BCUT2D eigenvalue weighted by molar-refractivity contribution is 0.100. The van der Waals surface area contributed by atoms with E-state index in [-0.39, 0.29) is 12.3 Å². The minimum absolute atomic E-state index is 0.0311. The predicted octanol–water partition coefficient (Wildman–Crippen LogP) is 5.78. The van der Waals surface area contributed by atoms with Crippen molar-refractivity contribution in [1.82, 2.24) is 14.9 Å². The number of aromatic nitrogens is 3. The Bertz CT molecular complexity index is 1090. The van der Waals surface area contributed by atoms with E-state index in [9.17, 15) is 4.79 Å². The van der Waals surface area contributed by atoms with Crippen LogP contribution in [0.5, 0.6) is 0 Å². The number of ketones is 1. The Labute approximate surface area is 208 Å². The molecule has 0 amide bonds. The topological polar surface area (TPSA) is 103 Å². The molecule has 1 aromatic heterocycles. The fourth-order valence-electron chi connectivity index (χ4n) is 2.02. The van der Waals surface area contributed by atoms with E-state index in [0.29, 0.717) is 41.8 Å². The zero-order valence-electron chi connectivity index (χ0n) is 14.9. The van der Waals surface area contributed by atoms with Gasteiger partial charge in [-0.3, -0.25) is 4.79 Å². The van der Waals surface area contributed by atoms with Crippen molar-refractivity contribution in [3.8, 4) is 11.4 Å². The predicted molar refractivity (Wildman–Crippen MR) is 133 cm³/mol. The molecule has 0 fully saturated rings. The van der Waals surface area contributed by atoms with Crippen molar-refractivity contribution in [3.05, 3.63) is 66.8 Å². The fraction of sp³-hybridized carbons (Fsp3) is 0.0588. The molecule has 0 radical (unpaired) electrons. The van der Waals surface area contributed by atoms with Gasteiger partial charge in [0, 0.05) is 35.5 Å². The molecule has 0 aliphatic carbocycles. The summed E-state index contributed by atoms with van der Waals surface area (Å²) in [5.74, 6) is 5.99. The van der Waals surface area contributed by atoms with Crippen LogP contribution in [0.2, 0.25) is 20.1 Å². The number of aromatic amines is 1. The molecule has 3 rings (SSSR count). The van der Waals surface area contributed by atoms with Crippen LogP contribution in [0.4, 0.5) is 0 Å². The lowest BCUT2D eigenvalue weighted by Crippen LogP contribution is -2.13. The Morgan fingerprint density at radius 1 is 1.00 bits per heavy atom. The Kier molecular flexibility index (Phi) is 11.6. The summed E-state index contributed by atoms with van der Waals surface area (Å²) < 4.78 is 3.51. The third-order valence-corrected chi connectivity index (χ3v) is 4.36. The molecular weight excluding hydrogens is 528 g/mol. The average Bonchev–Trinajstić information content (AvgIpc) is 2.99. The maximum Gasteiger partial charge on any atom is 0.214 e. The SMILES string of the molecule is NCC(=O)c1cc(Cl)cc(Cl)c1.Nn1c(-c2cc(Cl)cc(Cl)c2)n[nH]c1=S.S=C=S. The van der Waals surface area contributed by atoms with Crippen LogP contribution >= 0.6 is 83.1 Å². The molecule has 0 aliphatic rings. The zero-order chi connectivity index (χ0) is 22.8.